The van der Waals surface area contributed by atoms with Gasteiger partial charge in [-0.3, -0.25) is 14.2 Å². The second-order valence-corrected chi connectivity index (χ2v) is 12.5. The van der Waals surface area contributed by atoms with E-state index in [4.69, 9.17) is 4.74 Å². The first-order chi connectivity index (χ1) is 20.1. The highest BCUT2D eigenvalue weighted by atomic mass is 32.2. The number of carbonyl (C=O) groups is 2. The molecule has 0 fully saturated rings. The molecule has 1 aromatic heterocycles. The number of anilines is 1. The van der Waals surface area contributed by atoms with Gasteiger partial charge in [0.15, 0.2) is 11.0 Å². The molecule has 2 amide bonds. The number of rotatable bonds is 12. The van der Waals surface area contributed by atoms with Crippen LogP contribution in [0.25, 0.3) is 5.69 Å². The zero-order valence-corrected chi connectivity index (χ0v) is 25.3. The van der Waals surface area contributed by atoms with Crippen LogP contribution in [0.3, 0.4) is 0 Å². The molecule has 0 bridgehead atoms. The van der Waals surface area contributed by atoms with E-state index in [1.54, 1.807) is 4.57 Å². The molecule has 0 saturated heterocycles. The number of aromatic nitrogens is 3. The molecule has 0 saturated carbocycles. The van der Waals surface area contributed by atoms with E-state index in [0.717, 1.165) is 15.6 Å². The van der Waals surface area contributed by atoms with Crippen molar-refractivity contribution in [1.29, 1.82) is 0 Å². The molecule has 220 valence electrons. The van der Waals surface area contributed by atoms with E-state index < -0.39 is 15.9 Å². The fraction of sp³-hybridized carbons (Fsp3) is 0.241. The van der Waals surface area contributed by atoms with Gasteiger partial charge in [-0.15, -0.1) is 10.2 Å². The molecule has 4 rings (SSSR count). The third-order valence-corrected chi connectivity index (χ3v) is 8.80. The maximum absolute atomic E-state index is 12.9. The summed E-state index contributed by atoms with van der Waals surface area (Å²) < 4.78 is 33.1. The molecule has 0 aliphatic carbocycles. The van der Waals surface area contributed by atoms with Crippen LogP contribution in [0.2, 0.25) is 0 Å². The van der Waals surface area contributed by atoms with Gasteiger partial charge < -0.3 is 15.4 Å². The molecule has 0 unspecified atom stereocenters. The Hall–Kier alpha value is -4.20. The standard InChI is InChI=1S/C29H32N6O5S2/c1-5-40-24-13-11-23(12-14-24)35-26(18-30-28(37)21-9-15-25(16-10-21)42(38,39)34(3)4)32-33-29(35)41-19-27(36)31-22-8-6-7-20(2)17-22/h6-17H,5,18-19H2,1-4H3,(H,30,37)(H,31,36). The first-order valence-electron chi connectivity index (χ1n) is 13.1. The van der Waals surface area contributed by atoms with Crippen molar-refractivity contribution in [3.63, 3.8) is 0 Å². The highest BCUT2D eigenvalue weighted by molar-refractivity contribution is 7.99. The summed E-state index contributed by atoms with van der Waals surface area (Å²) in [4.78, 5) is 25.6. The molecule has 0 radical (unpaired) electrons. The van der Waals surface area contributed by atoms with Crippen LogP contribution in [0.5, 0.6) is 5.75 Å². The van der Waals surface area contributed by atoms with Crippen molar-refractivity contribution in [2.45, 2.75) is 30.4 Å². The zero-order valence-electron chi connectivity index (χ0n) is 23.7. The Balaban J connectivity index is 1.51. The molecule has 13 heteroatoms. The zero-order chi connectivity index (χ0) is 30.3. The average molecular weight is 609 g/mol. The predicted molar refractivity (Wildman–Crippen MR) is 162 cm³/mol. The fourth-order valence-electron chi connectivity index (χ4n) is 3.93. The Kier molecular flexibility index (Phi) is 9.99. The summed E-state index contributed by atoms with van der Waals surface area (Å²) in [5, 5.41) is 14.8. The lowest BCUT2D eigenvalue weighted by Crippen LogP contribution is -2.25. The first-order valence-corrected chi connectivity index (χ1v) is 15.5. The Morgan fingerprint density at radius 1 is 1.00 bits per heavy atom. The summed E-state index contributed by atoms with van der Waals surface area (Å²) in [5.41, 5.74) is 2.77. The first kappa shape index (κ1) is 30.8. The van der Waals surface area contributed by atoms with Crippen LogP contribution < -0.4 is 15.4 Å². The molecule has 0 aliphatic rings. The van der Waals surface area contributed by atoms with Crippen LogP contribution in [0.1, 0.15) is 28.7 Å². The quantitative estimate of drug-likeness (QED) is 0.231. The van der Waals surface area contributed by atoms with E-state index >= 15 is 0 Å². The lowest BCUT2D eigenvalue weighted by molar-refractivity contribution is -0.113. The smallest absolute Gasteiger partial charge is 0.251 e. The van der Waals surface area contributed by atoms with E-state index in [9.17, 15) is 18.0 Å². The van der Waals surface area contributed by atoms with Crippen LogP contribution in [-0.4, -0.2) is 65.8 Å². The second-order valence-electron chi connectivity index (χ2n) is 9.36. The van der Waals surface area contributed by atoms with Crippen LogP contribution >= 0.6 is 11.8 Å². The highest BCUT2D eigenvalue weighted by Gasteiger charge is 2.19. The van der Waals surface area contributed by atoms with Gasteiger partial charge in [0.1, 0.15) is 5.75 Å². The number of nitrogens with one attached hydrogen (secondary N) is 2. The van der Waals surface area contributed by atoms with Gasteiger partial charge in [-0.2, -0.15) is 0 Å². The van der Waals surface area contributed by atoms with Crippen molar-refractivity contribution in [3.05, 3.63) is 89.7 Å². The monoisotopic (exact) mass is 608 g/mol. The van der Waals surface area contributed by atoms with E-state index in [0.29, 0.717) is 34.6 Å². The Morgan fingerprint density at radius 2 is 1.71 bits per heavy atom. The molecular weight excluding hydrogens is 576 g/mol. The van der Waals surface area contributed by atoms with Crippen molar-refractivity contribution in [3.8, 4) is 11.4 Å². The molecule has 42 heavy (non-hydrogen) atoms. The number of nitrogens with zero attached hydrogens (tertiary/aromatic N) is 4. The van der Waals surface area contributed by atoms with Gasteiger partial charge in [0.25, 0.3) is 5.91 Å². The van der Waals surface area contributed by atoms with E-state index in [-0.39, 0.29) is 23.1 Å². The lowest BCUT2D eigenvalue weighted by Gasteiger charge is -2.13. The number of amides is 2. The van der Waals surface area contributed by atoms with Gasteiger partial charge in [0.2, 0.25) is 15.9 Å². The topological polar surface area (TPSA) is 136 Å². The van der Waals surface area contributed by atoms with Gasteiger partial charge in [0.05, 0.1) is 23.8 Å². The van der Waals surface area contributed by atoms with Gasteiger partial charge in [-0.05, 0) is 80.1 Å². The number of hydrogen-bond acceptors (Lipinski definition) is 8. The normalized spacial score (nSPS) is 11.4. The summed E-state index contributed by atoms with van der Waals surface area (Å²) in [6, 6.07) is 20.6. The van der Waals surface area contributed by atoms with Crippen LogP contribution in [0.15, 0.2) is 82.8 Å². The number of sulfonamides is 1. The second kappa shape index (κ2) is 13.6. The van der Waals surface area contributed by atoms with E-state index in [1.807, 2.05) is 62.4 Å². The summed E-state index contributed by atoms with van der Waals surface area (Å²) in [7, 11) is -0.718. The molecule has 2 N–H and O–H groups in total. The minimum Gasteiger partial charge on any atom is -0.494 e. The van der Waals surface area contributed by atoms with Crippen molar-refractivity contribution < 1.29 is 22.7 Å². The summed E-state index contributed by atoms with van der Waals surface area (Å²) in [6.07, 6.45) is 0. The van der Waals surface area contributed by atoms with Gasteiger partial charge in [-0.1, -0.05) is 23.9 Å². The molecule has 0 aliphatic heterocycles. The number of thioether (sulfide) groups is 1. The maximum Gasteiger partial charge on any atom is 0.251 e. The summed E-state index contributed by atoms with van der Waals surface area (Å²) in [5.74, 6) is 0.646. The number of hydrogen-bond donors (Lipinski definition) is 2. The molecule has 0 atom stereocenters. The average Bonchev–Trinajstić information content (AvgIpc) is 3.38. The molecule has 4 aromatic rings. The van der Waals surface area contributed by atoms with Crippen LogP contribution in [-0.2, 0) is 21.4 Å². The van der Waals surface area contributed by atoms with Gasteiger partial charge >= 0.3 is 0 Å². The van der Waals surface area contributed by atoms with Crippen molar-refractivity contribution in [2.24, 2.45) is 0 Å². The fourth-order valence-corrected chi connectivity index (χ4v) is 5.60. The highest BCUT2D eigenvalue weighted by Crippen LogP contribution is 2.24. The molecule has 1 heterocycles. The minimum absolute atomic E-state index is 0.0346. The largest absolute Gasteiger partial charge is 0.494 e. The predicted octanol–water partition coefficient (Wildman–Crippen LogP) is 3.89. The SMILES string of the molecule is CCOc1ccc(-n2c(CNC(=O)c3ccc(S(=O)(=O)N(C)C)cc3)nnc2SCC(=O)Nc2cccc(C)c2)cc1. The Morgan fingerprint density at radius 3 is 2.36 bits per heavy atom. The van der Waals surface area contributed by atoms with Crippen LogP contribution in [0, 0.1) is 6.92 Å². The van der Waals surface area contributed by atoms with Gasteiger partial charge in [0, 0.05) is 31.0 Å². The number of ether oxygens (including phenoxy) is 1. The molecular formula is C29H32N6O5S2. The van der Waals surface area contributed by atoms with E-state index in [1.165, 1.54) is 50.1 Å². The minimum atomic E-state index is -3.61. The molecule has 11 nitrogen and oxygen atoms in total. The summed E-state index contributed by atoms with van der Waals surface area (Å²) >= 11 is 1.22. The lowest BCUT2D eigenvalue weighted by atomic mass is 10.2. The Labute approximate surface area is 249 Å². The number of benzene rings is 3. The molecule has 0 spiro atoms. The Bertz CT molecular complexity index is 1650. The van der Waals surface area contributed by atoms with Crippen molar-refractivity contribution >= 4 is 39.3 Å². The third kappa shape index (κ3) is 7.55. The van der Waals surface area contributed by atoms with Crippen molar-refractivity contribution in [1.82, 2.24) is 24.4 Å². The number of carbonyl (C=O) groups excluding carboxylic acids is 2. The maximum atomic E-state index is 12.9. The van der Waals surface area contributed by atoms with Gasteiger partial charge in [-0.25, -0.2) is 12.7 Å². The van der Waals surface area contributed by atoms with E-state index in [2.05, 4.69) is 20.8 Å². The van der Waals surface area contributed by atoms with Crippen LogP contribution in [0.4, 0.5) is 5.69 Å². The van der Waals surface area contributed by atoms with Crippen molar-refractivity contribution in [2.75, 3.05) is 31.8 Å². The number of aryl methyl sites for hydroxylation is 1. The molecule has 3 aromatic carbocycles. The third-order valence-electron chi connectivity index (χ3n) is 6.04. The summed E-state index contributed by atoms with van der Waals surface area (Å²) in [6.45, 7) is 4.42.